The van der Waals surface area contributed by atoms with Crippen molar-refractivity contribution in [2.45, 2.75) is 12.3 Å². The Morgan fingerprint density at radius 2 is 2.47 bits per heavy atom. The van der Waals surface area contributed by atoms with Crippen molar-refractivity contribution in [1.82, 2.24) is 15.2 Å². The first kappa shape index (κ1) is 15.8. The van der Waals surface area contributed by atoms with Gasteiger partial charge in [-0.3, -0.25) is 10.3 Å². The molecule has 0 saturated heterocycles. The molecule has 1 aromatic rings. The van der Waals surface area contributed by atoms with Gasteiger partial charge in [-0.15, -0.1) is 11.3 Å². The van der Waals surface area contributed by atoms with Crippen molar-refractivity contribution in [2.24, 2.45) is 10.7 Å². The summed E-state index contributed by atoms with van der Waals surface area (Å²) >= 11 is 3.45. The molecule has 19 heavy (non-hydrogen) atoms. The number of nitrogens with zero attached hydrogens (tertiary/aromatic N) is 4. The van der Waals surface area contributed by atoms with Crippen LogP contribution in [0.3, 0.4) is 0 Å². The Labute approximate surface area is 121 Å². The minimum Gasteiger partial charge on any atom is -0.369 e. The molecule has 0 bridgehead atoms. The summed E-state index contributed by atoms with van der Waals surface area (Å²) < 4.78 is 0. The van der Waals surface area contributed by atoms with Crippen LogP contribution in [0.4, 0.5) is 0 Å². The van der Waals surface area contributed by atoms with Crippen LogP contribution in [0.25, 0.3) is 0 Å². The fourth-order valence-electron chi connectivity index (χ4n) is 1.26. The number of hydrogen-bond donors (Lipinski definition) is 2. The molecule has 0 aliphatic rings. The van der Waals surface area contributed by atoms with Crippen LogP contribution < -0.4 is 11.1 Å². The Morgan fingerprint density at radius 1 is 1.68 bits per heavy atom. The molecule has 0 unspecified atom stereocenters. The summed E-state index contributed by atoms with van der Waals surface area (Å²) in [6.07, 6.45) is 1.73. The van der Waals surface area contributed by atoms with Crippen molar-refractivity contribution >= 4 is 29.1 Å². The Morgan fingerprint density at radius 3 is 3.16 bits per heavy atom. The first-order chi connectivity index (χ1) is 9.11. The molecule has 1 heterocycles. The highest BCUT2D eigenvalue weighted by molar-refractivity contribution is 7.98. The molecule has 6 nitrogen and oxygen atoms in total. The van der Waals surface area contributed by atoms with Gasteiger partial charge in [-0.25, -0.2) is 4.98 Å². The van der Waals surface area contributed by atoms with E-state index in [1.165, 1.54) is 0 Å². The quantitative estimate of drug-likeness (QED) is 0.255. The van der Waals surface area contributed by atoms with Gasteiger partial charge in [0.05, 0.1) is 12.2 Å². The van der Waals surface area contributed by atoms with Crippen molar-refractivity contribution in [3.05, 3.63) is 16.1 Å². The van der Waals surface area contributed by atoms with Crippen molar-refractivity contribution in [3.63, 3.8) is 0 Å². The fourth-order valence-corrected chi connectivity index (χ4v) is 3.00. The van der Waals surface area contributed by atoms with Gasteiger partial charge in [-0.05, 0) is 14.1 Å². The highest BCUT2D eigenvalue weighted by Crippen LogP contribution is 2.16. The van der Waals surface area contributed by atoms with Gasteiger partial charge < -0.3 is 10.6 Å². The van der Waals surface area contributed by atoms with Crippen molar-refractivity contribution in [2.75, 3.05) is 26.4 Å². The predicted octanol–water partition coefficient (Wildman–Crippen LogP) is 0.823. The van der Waals surface area contributed by atoms with Gasteiger partial charge in [0.15, 0.2) is 6.19 Å². The van der Waals surface area contributed by atoms with Gasteiger partial charge in [0.25, 0.3) is 0 Å². The molecule has 0 fully saturated rings. The van der Waals surface area contributed by atoms with Crippen LogP contribution >= 0.6 is 23.1 Å². The summed E-state index contributed by atoms with van der Waals surface area (Å²) in [5.74, 6) is 1.91. The van der Waals surface area contributed by atoms with Crippen LogP contribution in [0.5, 0.6) is 0 Å². The smallest absolute Gasteiger partial charge is 0.202 e. The Hall–Kier alpha value is -1.30. The molecular formula is C11H18N6S2. The predicted molar refractivity (Wildman–Crippen MR) is 80.9 cm³/mol. The maximum Gasteiger partial charge on any atom is 0.202 e. The molecule has 8 heteroatoms. The third kappa shape index (κ3) is 7.00. The summed E-state index contributed by atoms with van der Waals surface area (Å²) in [6, 6.07) is 0. The molecule has 0 radical (unpaired) electrons. The van der Waals surface area contributed by atoms with E-state index < -0.39 is 0 Å². The average molecular weight is 298 g/mol. The van der Waals surface area contributed by atoms with Crippen molar-refractivity contribution < 1.29 is 0 Å². The molecule has 0 saturated carbocycles. The Bertz CT molecular complexity index is 448. The van der Waals surface area contributed by atoms with E-state index in [0.29, 0.717) is 6.54 Å². The monoisotopic (exact) mass is 298 g/mol. The first-order valence-electron chi connectivity index (χ1n) is 5.72. The number of hydrogen-bond acceptors (Lipinski definition) is 6. The third-order valence-electron chi connectivity index (χ3n) is 2.00. The molecule has 0 aromatic carbocycles. The zero-order valence-electron chi connectivity index (χ0n) is 11.1. The number of nitrogens with one attached hydrogen (secondary N) is 1. The zero-order valence-corrected chi connectivity index (χ0v) is 12.7. The average Bonchev–Trinajstić information content (AvgIpc) is 2.75. The molecule has 1 rings (SSSR count). The molecule has 0 spiro atoms. The standard InChI is InChI=1S/C11H18N6S2/c1-17(2)5-10-16-9(7-19-10)6-18-4-3-14-11(13)15-8-12/h7H,3-6H2,1-2H3,(H3,13,14,15). The second-order valence-electron chi connectivity index (χ2n) is 4.03. The summed E-state index contributed by atoms with van der Waals surface area (Å²) in [5.41, 5.74) is 6.53. The highest BCUT2D eigenvalue weighted by atomic mass is 32.2. The zero-order chi connectivity index (χ0) is 14.1. The van der Waals surface area contributed by atoms with E-state index >= 15 is 0 Å². The second-order valence-corrected chi connectivity index (χ2v) is 6.07. The lowest BCUT2D eigenvalue weighted by atomic mass is 10.5. The minimum atomic E-state index is 0.171. The van der Waals surface area contributed by atoms with Crippen LogP contribution in [0, 0.1) is 11.5 Å². The molecule has 0 atom stereocenters. The number of nitriles is 1. The SMILES string of the molecule is CN(C)Cc1nc(CSCCN=C(N)NC#N)cs1. The van der Waals surface area contributed by atoms with E-state index in [1.54, 1.807) is 29.3 Å². The van der Waals surface area contributed by atoms with Gasteiger partial charge in [-0.2, -0.15) is 17.0 Å². The lowest BCUT2D eigenvalue weighted by Gasteiger charge is -2.05. The van der Waals surface area contributed by atoms with E-state index in [-0.39, 0.29) is 5.96 Å². The molecule has 0 aliphatic carbocycles. The molecule has 3 N–H and O–H groups in total. The highest BCUT2D eigenvalue weighted by Gasteiger charge is 2.03. The topological polar surface area (TPSA) is 90.3 Å². The molecular weight excluding hydrogens is 280 g/mol. The summed E-state index contributed by atoms with van der Waals surface area (Å²) in [5, 5.41) is 13.8. The second kappa shape index (κ2) is 8.74. The Kier molecular flexibility index (Phi) is 7.25. The Balaban J connectivity index is 2.21. The lowest BCUT2D eigenvalue weighted by Crippen LogP contribution is -2.27. The van der Waals surface area contributed by atoms with Crippen LogP contribution in [-0.2, 0) is 12.3 Å². The van der Waals surface area contributed by atoms with E-state index in [4.69, 9.17) is 11.0 Å². The van der Waals surface area contributed by atoms with Gasteiger partial charge in [0, 0.05) is 23.4 Å². The van der Waals surface area contributed by atoms with E-state index in [9.17, 15) is 0 Å². The minimum absolute atomic E-state index is 0.171. The van der Waals surface area contributed by atoms with E-state index in [0.717, 1.165) is 28.8 Å². The number of aromatic nitrogens is 1. The number of thiazole rings is 1. The summed E-state index contributed by atoms with van der Waals surface area (Å²) in [6.45, 7) is 1.48. The summed E-state index contributed by atoms with van der Waals surface area (Å²) in [7, 11) is 4.07. The van der Waals surface area contributed by atoms with E-state index in [2.05, 4.69) is 25.6 Å². The number of nitrogens with two attached hydrogens (primary N) is 1. The third-order valence-corrected chi connectivity index (χ3v) is 3.86. The van der Waals surface area contributed by atoms with Gasteiger partial charge in [0.2, 0.25) is 5.96 Å². The van der Waals surface area contributed by atoms with Gasteiger partial charge >= 0.3 is 0 Å². The maximum atomic E-state index is 8.32. The number of guanidine groups is 1. The normalized spacial score (nSPS) is 11.6. The maximum absolute atomic E-state index is 8.32. The molecule has 1 aromatic heterocycles. The lowest BCUT2D eigenvalue weighted by molar-refractivity contribution is 0.401. The molecule has 0 aliphatic heterocycles. The first-order valence-corrected chi connectivity index (χ1v) is 7.76. The van der Waals surface area contributed by atoms with Crippen LogP contribution in [0.2, 0.25) is 0 Å². The van der Waals surface area contributed by atoms with Gasteiger partial charge in [0.1, 0.15) is 5.01 Å². The summed E-state index contributed by atoms with van der Waals surface area (Å²) in [4.78, 5) is 10.7. The van der Waals surface area contributed by atoms with Crippen LogP contribution in [0.1, 0.15) is 10.7 Å². The number of thioether (sulfide) groups is 1. The van der Waals surface area contributed by atoms with Crippen molar-refractivity contribution in [1.29, 1.82) is 5.26 Å². The fraction of sp³-hybridized carbons (Fsp3) is 0.545. The van der Waals surface area contributed by atoms with Crippen LogP contribution in [-0.4, -0.2) is 42.2 Å². The van der Waals surface area contributed by atoms with E-state index in [1.807, 2.05) is 14.1 Å². The largest absolute Gasteiger partial charge is 0.369 e. The molecule has 104 valence electrons. The molecule has 0 amide bonds. The number of aliphatic imine (C=N–C) groups is 1. The number of rotatable bonds is 7. The van der Waals surface area contributed by atoms with Gasteiger partial charge in [-0.1, -0.05) is 0 Å². The van der Waals surface area contributed by atoms with Crippen molar-refractivity contribution in [3.8, 4) is 6.19 Å². The van der Waals surface area contributed by atoms with Crippen LogP contribution in [0.15, 0.2) is 10.4 Å².